The van der Waals surface area contributed by atoms with Gasteiger partial charge in [0.2, 0.25) is 0 Å². The maximum Gasteiger partial charge on any atom is 0.257 e. The monoisotopic (exact) mass is 274 g/mol. The second-order valence-corrected chi connectivity index (χ2v) is 4.48. The minimum atomic E-state index is -0.239. The second kappa shape index (κ2) is 5.62. The maximum absolute atomic E-state index is 11.9. The molecule has 0 aliphatic rings. The van der Waals surface area contributed by atoms with E-state index in [2.05, 4.69) is 15.7 Å². The lowest BCUT2D eigenvalue weighted by molar-refractivity contribution is 0.0977. The van der Waals surface area contributed by atoms with Crippen LogP contribution < -0.4 is 10.6 Å². The van der Waals surface area contributed by atoms with Crippen molar-refractivity contribution >= 4 is 29.1 Å². The highest BCUT2D eigenvalue weighted by Crippen LogP contribution is 2.07. The summed E-state index contributed by atoms with van der Waals surface area (Å²) < 4.78 is 1.66. The number of carbonyl (C=O) groups excluding carboxylic acids is 1. The molecule has 1 amide bonds. The molecule has 1 aromatic heterocycles. The smallest absolute Gasteiger partial charge is 0.257 e. The quantitative estimate of drug-likeness (QED) is 0.821. The van der Waals surface area contributed by atoms with Crippen LogP contribution in [0.25, 0.3) is 0 Å². The molecule has 0 aliphatic carbocycles. The average molecular weight is 274 g/mol. The van der Waals surface area contributed by atoms with E-state index in [0.717, 1.165) is 11.5 Å². The van der Waals surface area contributed by atoms with Crippen molar-refractivity contribution in [2.75, 3.05) is 5.32 Å². The van der Waals surface area contributed by atoms with Crippen LogP contribution in [0.1, 0.15) is 16.1 Å². The van der Waals surface area contributed by atoms with Crippen molar-refractivity contribution < 1.29 is 4.79 Å². The summed E-state index contributed by atoms with van der Waals surface area (Å²) in [5, 5.41) is 9.98. The molecular formula is C13H14N4OS. The fourth-order valence-corrected chi connectivity index (χ4v) is 1.84. The zero-order chi connectivity index (χ0) is 13.8. The molecule has 5 nitrogen and oxygen atoms in total. The number of hydrogen-bond acceptors (Lipinski definition) is 3. The van der Waals surface area contributed by atoms with Crippen LogP contribution in [0.4, 0.5) is 5.82 Å². The number of nitrogens with one attached hydrogen (secondary N) is 2. The van der Waals surface area contributed by atoms with Crippen molar-refractivity contribution in [3.05, 3.63) is 47.7 Å². The number of benzene rings is 1. The third-order valence-corrected chi connectivity index (χ3v) is 2.71. The Morgan fingerprint density at radius 1 is 1.32 bits per heavy atom. The van der Waals surface area contributed by atoms with Gasteiger partial charge in [-0.3, -0.25) is 14.8 Å². The van der Waals surface area contributed by atoms with Gasteiger partial charge in [-0.15, -0.1) is 0 Å². The maximum atomic E-state index is 11.9. The molecule has 98 valence electrons. The zero-order valence-corrected chi connectivity index (χ0v) is 11.5. The van der Waals surface area contributed by atoms with E-state index < -0.39 is 0 Å². The van der Waals surface area contributed by atoms with Gasteiger partial charge >= 0.3 is 0 Å². The number of thiocarbonyl (C=S) groups is 1. The summed E-state index contributed by atoms with van der Waals surface area (Å²) >= 11 is 5.10. The molecule has 0 radical (unpaired) electrons. The standard InChI is InChI=1S/C13H14N4OS/c1-9-8-11(17(2)16-9)14-13(19)15-12(18)10-6-4-3-5-7-10/h3-8H,1-2H3,(H2,14,15,18,19). The average Bonchev–Trinajstić information content (AvgIpc) is 2.68. The fraction of sp³-hybridized carbons (Fsp3) is 0.154. The number of aryl methyl sites for hydroxylation is 2. The number of carbonyl (C=O) groups is 1. The van der Waals surface area contributed by atoms with Gasteiger partial charge in [-0.25, -0.2) is 0 Å². The molecule has 0 spiro atoms. The Kier molecular flexibility index (Phi) is 3.91. The van der Waals surface area contributed by atoms with E-state index in [-0.39, 0.29) is 11.0 Å². The van der Waals surface area contributed by atoms with Gasteiger partial charge in [0.25, 0.3) is 5.91 Å². The van der Waals surface area contributed by atoms with Crippen molar-refractivity contribution in [2.45, 2.75) is 6.92 Å². The molecule has 0 fully saturated rings. The highest BCUT2D eigenvalue weighted by molar-refractivity contribution is 7.80. The molecule has 2 N–H and O–H groups in total. The van der Waals surface area contributed by atoms with Crippen LogP contribution in [0.15, 0.2) is 36.4 Å². The molecule has 6 heteroatoms. The molecule has 2 aromatic rings. The van der Waals surface area contributed by atoms with Crippen LogP contribution in [0.3, 0.4) is 0 Å². The molecule has 1 aromatic carbocycles. The molecule has 2 rings (SSSR count). The third-order valence-electron chi connectivity index (χ3n) is 2.51. The largest absolute Gasteiger partial charge is 0.317 e. The summed E-state index contributed by atoms with van der Waals surface area (Å²) in [6.45, 7) is 1.89. The predicted molar refractivity (Wildman–Crippen MR) is 78.1 cm³/mol. The fourth-order valence-electron chi connectivity index (χ4n) is 1.64. The number of amides is 1. The first-order valence-electron chi connectivity index (χ1n) is 5.74. The number of hydrogen-bond donors (Lipinski definition) is 2. The lowest BCUT2D eigenvalue weighted by Crippen LogP contribution is -2.34. The Labute approximate surface area is 116 Å². The van der Waals surface area contributed by atoms with E-state index in [0.29, 0.717) is 5.56 Å². The van der Waals surface area contributed by atoms with Gasteiger partial charge in [0.15, 0.2) is 5.11 Å². The van der Waals surface area contributed by atoms with E-state index in [1.807, 2.05) is 19.1 Å². The summed E-state index contributed by atoms with van der Waals surface area (Å²) in [5.41, 5.74) is 1.44. The van der Waals surface area contributed by atoms with E-state index in [1.165, 1.54) is 0 Å². The van der Waals surface area contributed by atoms with Gasteiger partial charge in [0.1, 0.15) is 5.82 Å². The molecule has 0 bridgehead atoms. The zero-order valence-electron chi connectivity index (χ0n) is 10.7. The first-order chi connectivity index (χ1) is 9.06. The first kappa shape index (κ1) is 13.2. The molecule has 0 saturated carbocycles. The molecule has 0 aliphatic heterocycles. The second-order valence-electron chi connectivity index (χ2n) is 4.07. The minimum absolute atomic E-state index is 0.239. The van der Waals surface area contributed by atoms with Crippen LogP contribution in [0, 0.1) is 6.92 Å². The molecular weight excluding hydrogens is 260 g/mol. The Morgan fingerprint density at radius 2 is 2.00 bits per heavy atom. The van der Waals surface area contributed by atoms with Crippen molar-refractivity contribution in [3.8, 4) is 0 Å². The van der Waals surface area contributed by atoms with E-state index in [1.54, 1.807) is 36.0 Å². The Balaban J connectivity index is 1.99. The Hall–Kier alpha value is -2.21. The summed E-state index contributed by atoms with van der Waals surface area (Å²) in [6, 6.07) is 10.8. The summed E-state index contributed by atoms with van der Waals surface area (Å²) in [6.07, 6.45) is 0. The van der Waals surface area contributed by atoms with E-state index in [4.69, 9.17) is 12.2 Å². The minimum Gasteiger partial charge on any atom is -0.317 e. The lowest BCUT2D eigenvalue weighted by Gasteiger charge is -2.09. The molecule has 0 unspecified atom stereocenters. The van der Waals surface area contributed by atoms with E-state index >= 15 is 0 Å². The van der Waals surface area contributed by atoms with Gasteiger partial charge in [0, 0.05) is 18.7 Å². The van der Waals surface area contributed by atoms with Crippen LogP contribution in [0.2, 0.25) is 0 Å². The Morgan fingerprint density at radius 3 is 2.58 bits per heavy atom. The van der Waals surface area contributed by atoms with Gasteiger partial charge in [0.05, 0.1) is 5.69 Å². The Bertz CT molecular complexity index is 606. The summed E-state index contributed by atoms with van der Waals surface area (Å²) in [4.78, 5) is 11.9. The molecule has 1 heterocycles. The molecule has 0 saturated heterocycles. The lowest BCUT2D eigenvalue weighted by atomic mass is 10.2. The third kappa shape index (κ3) is 3.38. The van der Waals surface area contributed by atoms with Crippen molar-refractivity contribution in [3.63, 3.8) is 0 Å². The van der Waals surface area contributed by atoms with E-state index in [9.17, 15) is 4.79 Å². The van der Waals surface area contributed by atoms with Crippen molar-refractivity contribution in [1.82, 2.24) is 15.1 Å². The molecule has 0 atom stereocenters. The normalized spacial score (nSPS) is 10.0. The highest BCUT2D eigenvalue weighted by Gasteiger charge is 2.09. The summed E-state index contributed by atoms with van der Waals surface area (Å²) in [7, 11) is 1.80. The van der Waals surface area contributed by atoms with Crippen LogP contribution in [-0.2, 0) is 7.05 Å². The van der Waals surface area contributed by atoms with Crippen LogP contribution >= 0.6 is 12.2 Å². The predicted octanol–water partition coefficient (Wildman–Crippen LogP) is 1.86. The number of aromatic nitrogens is 2. The number of anilines is 1. The summed E-state index contributed by atoms with van der Waals surface area (Å²) in [5.74, 6) is 0.493. The van der Waals surface area contributed by atoms with Gasteiger partial charge < -0.3 is 5.32 Å². The SMILES string of the molecule is Cc1cc(NC(=S)NC(=O)c2ccccc2)n(C)n1. The first-order valence-corrected chi connectivity index (χ1v) is 6.15. The van der Waals surface area contributed by atoms with Crippen LogP contribution in [0.5, 0.6) is 0 Å². The van der Waals surface area contributed by atoms with Gasteiger partial charge in [-0.2, -0.15) is 5.10 Å². The van der Waals surface area contributed by atoms with Gasteiger partial charge in [-0.05, 0) is 31.3 Å². The van der Waals surface area contributed by atoms with Crippen LogP contribution in [-0.4, -0.2) is 20.8 Å². The topological polar surface area (TPSA) is 58.9 Å². The van der Waals surface area contributed by atoms with Crippen molar-refractivity contribution in [1.29, 1.82) is 0 Å². The number of nitrogens with zero attached hydrogens (tertiary/aromatic N) is 2. The van der Waals surface area contributed by atoms with Crippen molar-refractivity contribution in [2.24, 2.45) is 7.05 Å². The number of rotatable bonds is 2. The van der Waals surface area contributed by atoms with Gasteiger partial charge in [-0.1, -0.05) is 18.2 Å². The highest BCUT2D eigenvalue weighted by atomic mass is 32.1. The molecule has 19 heavy (non-hydrogen) atoms.